The van der Waals surface area contributed by atoms with Crippen LogP contribution in [0.1, 0.15) is 6.42 Å². The fourth-order valence-corrected chi connectivity index (χ4v) is 0.901. The lowest BCUT2D eigenvalue weighted by atomic mass is 10.2. The van der Waals surface area contributed by atoms with Crippen LogP contribution >= 0.6 is 0 Å². The third-order valence-electron chi connectivity index (χ3n) is 1.42. The monoisotopic (exact) mass is 158 g/mol. The maximum atomic E-state index is 11.0. The summed E-state index contributed by atoms with van der Waals surface area (Å²) in [6.07, 6.45) is -0.714. The highest BCUT2D eigenvalue weighted by Gasteiger charge is 2.23. The molecule has 1 aliphatic heterocycles. The quantitative estimate of drug-likeness (QED) is 0.483. The number of amides is 1. The molecular weight excluding hydrogens is 148 g/mol. The number of primary amides is 1. The summed E-state index contributed by atoms with van der Waals surface area (Å²) in [4.78, 5) is 21.3. The van der Waals surface area contributed by atoms with E-state index in [1.54, 1.807) is 0 Å². The Hall–Kier alpha value is -0.940. The molecule has 1 heterocycles. The van der Waals surface area contributed by atoms with Crippen LogP contribution in [0.4, 0.5) is 0 Å². The normalized spacial score (nSPS) is 23.5. The first-order valence-corrected chi connectivity index (χ1v) is 3.33. The molecule has 0 radical (unpaired) electrons. The minimum Gasteiger partial charge on any atom is -0.369 e. The standard InChI is InChI=1S/C6H10N2O3/c7-6(10)1-4(9)5-2-8-3-11-5/h5,8H,1-3H2,(H2,7,10). The van der Waals surface area contributed by atoms with Crippen molar-refractivity contribution in [2.75, 3.05) is 13.3 Å². The summed E-state index contributed by atoms with van der Waals surface area (Å²) >= 11 is 0. The highest BCUT2D eigenvalue weighted by Crippen LogP contribution is 2.00. The van der Waals surface area contributed by atoms with E-state index >= 15 is 0 Å². The van der Waals surface area contributed by atoms with Crippen LogP contribution in [-0.2, 0) is 14.3 Å². The molecule has 1 aliphatic rings. The third kappa shape index (κ3) is 2.28. The molecule has 1 saturated heterocycles. The van der Waals surface area contributed by atoms with Crippen molar-refractivity contribution < 1.29 is 14.3 Å². The highest BCUT2D eigenvalue weighted by molar-refractivity contribution is 5.99. The molecule has 0 aromatic carbocycles. The molecule has 1 amide bonds. The van der Waals surface area contributed by atoms with E-state index in [2.05, 4.69) is 5.32 Å². The molecule has 5 heteroatoms. The first kappa shape index (κ1) is 8.16. The highest BCUT2D eigenvalue weighted by atomic mass is 16.5. The van der Waals surface area contributed by atoms with Crippen molar-refractivity contribution in [2.45, 2.75) is 12.5 Å². The lowest BCUT2D eigenvalue weighted by molar-refractivity contribution is -0.132. The lowest BCUT2D eigenvalue weighted by Gasteiger charge is -2.03. The fraction of sp³-hybridized carbons (Fsp3) is 0.667. The summed E-state index contributed by atoms with van der Waals surface area (Å²) in [7, 11) is 0. The Kier molecular flexibility index (Phi) is 2.56. The lowest BCUT2D eigenvalue weighted by Crippen LogP contribution is -2.28. The number of carbonyl (C=O) groups excluding carboxylic acids is 2. The molecule has 0 saturated carbocycles. The van der Waals surface area contributed by atoms with E-state index in [-0.39, 0.29) is 12.2 Å². The molecule has 5 nitrogen and oxygen atoms in total. The molecule has 11 heavy (non-hydrogen) atoms. The van der Waals surface area contributed by atoms with Gasteiger partial charge in [-0.3, -0.25) is 14.9 Å². The van der Waals surface area contributed by atoms with Gasteiger partial charge in [-0.25, -0.2) is 0 Å². The van der Waals surface area contributed by atoms with Gasteiger partial charge < -0.3 is 10.5 Å². The van der Waals surface area contributed by atoms with E-state index in [1.165, 1.54) is 0 Å². The maximum Gasteiger partial charge on any atom is 0.224 e. The Morgan fingerprint density at radius 3 is 2.82 bits per heavy atom. The van der Waals surface area contributed by atoms with E-state index in [9.17, 15) is 9.59 Å². The summed E-state index contributed by atoms with van der Waals surface area (Å²) in [6, 6.07) is 0. The van der Waals surface area contributed by atoms with Gasteiger partial charge in [0, 0.05) is 6.54 Å². The van der Waals surface area contributed by atoms with E-state index in [0.717, 1.165) is 0 Å². The zero-order chi connectivity index (χ0) is 8.27. The number of rotatable bonds is 3. The first-order valence-electron chi connectivity index (χ1n) is 3.33. The van der Waals surface area contributed by atoms with Gasteiger partial charge in [-0.1, -0.05) is 0 Å². The molecule has 1 rings (SSSR count). The fourth-order valence-electron chi connectivity index (χ4n) is 0.901. The molecule has 0 spiro atoms. The van der Waals surface area contributed by atoms with Gasteiger partial charge in [-0.2, -0.15) is 0 Å². The van der Waals surface area contributed by atoms with Gasteiger partial charge in [-0.05, 0) is 0 Å². The second-order valence-electron chi connectivity index (χ2n) is 2.36. The Labute approximate surface area is 63.9 Å². The van der Waals surface area contributed by atoms with Gasteiger partial charge in [0.05, 0.1) is 13.2 Å². The number of Topliss-reactive ketones (excluding diaryl/α,β-unsaturated/α-hetero) is 1. The molecule has 0 aromatic heterocycles. The Morgan fingerprint density at radius 2 is 2.36 bits per heavy atom. The van der Waals surface area contributed by atoms with Crippen LogP contribution in [0.25, 0.3) is 0 Å². The second kappa shape index (κ2) is 3.45. The van der Waals surface area contributed by atoms with Gasteiger partial charge in [0.2, 0.25) is 5.91 Å². The minimum absolute atomic E-state index is 0.230. The van der Waals surface area contributed by atoms with Crippen molar-refractivity contribution in [3.8, 4) is 0 Å². The van der Waals surface area contributed by atoms with Crippen LogP contribution in [0.2, 0.25) is 0 Å². The molecule has 1 fully saturated rings. The molecule has 3 N–H and O–H groups in total. The third-order valence-corrected chi connectivity index (χ3v) is 1.42. The van der Waals surface area contributed by atoms with Crippen LogP contribution in [0, 0.1) is 0 Å². The van der Waals surface area contributed by atoms with E-state index in [4.69, 9.17) is 10.5 Å². The number of hydrogen-bond donors (Lipinski definition) is 2. The van der Waals surface area contributed by atoms with Gasteiger partial charge in [0.15, 0.2) is 5.78 Å². The zero-order valence-corrected chi connectivity index (χ0v) is 6.00. The number of ketones is 1. The van der Waals surface area contributed by atoms with Crippen LogP contribution < -0.4 is 11.1 Å². The van der Waals surface area contributed by atoms with Gasteiger partial charge in [0.25, 0.3) is 0 Å². The Balaban J connectivity index is 2.34. The van der Waals surface area contributed by atoms with Crippen LogP contribution in [0.15, 0.2) is 0 Å². The maximum absolute atomic E-state index is 11.0. The number of ether oxygens (including phenoxy) is 1. The molecule has 1 atom stereocenters. The zero-order valence-electron chi connectivity index (χ0n) is 6.00. The number of nitrogens with two attached hydrogens (primary N) is 1. The molecule has 0 bridgehead atoms. The van der Waals surface area contributed by atoms with E-state index < -0.39 is 12.0 Å². The van der Waals surface area contributed by atoms with Crippen LogP contribution in [-0.4, -0.2) is 31.1 Å². The second-order valence-corrected chi connectivity index (χ2v) is 2.36. The van der Waals surface area contributed by atoms with Gasteiger partial charge in [0.1, 0.15) is 6.10 Å². The van der Waals surface area contributed by atoms with E-state index in [0.29, 0.717) is 13.3 Å². The van der Waals surface area contributed by atoms with Gasteiger partial charge >= 0.3 is 0 Å². The minimum atomic E-state index is -0.606. The SMILES string of the molecule is NC(=O)CC(=O)C1CNCO1. The van der Waals surface area contributed by atoms with Crippen molar-refractivity contribution >= 4 is 11.7 Å². The predicted molar refractivity (Wildman–Crippen MR) is 36.6 cm³/mol. The van der Waals surface area contributed by atoms with Crippen molar-refractivity contribution in [3.63, 3.8) is 0 Å². The van der Waals surface area contributed by atoms with Gasteiger partial charge in [-0.15, -0.1) is 0 Å². The number of nitrogens with one attached hydrogen (secondary N) is 1. The summed E-state index contributed by atoms with van der Waals surface area (Å²) in [5, 5.41) is 2.83. The average Bonchev–Trinajstić information content (AvgIpc) is 2.35. The van der Waals surface area contributed by atoms with Crippen molar-refractivity contribution in [1.29, 1.82) is 0 Å². The summed E-state index contributed by atoms with van der Waals surface area (Å²) < 4.78 is 4.95. The first-order chi connectivity index (χ1) is 5.20. The largest absolute Gasteiger partial charge is 0.369 e. The van der Waals surface area contributed by atoms with E-state index in [1.807, 2.05) is 0 Å². The topological polar surface area (TPSA) is 81.4 Å². The Bertz CT molecular complexity index is 175. The molecular formula is C6H10N2O3. The van der Waals surface area contributed by atoms with Crippen LogP contribution in [0.3, 0.4) is 0 Å². The average molecular weight is 158 g/mol. The molecule has 62 valence electrons. The molecule has 0 aromatic rings. The summed E-state index contributed by atoms with van der Waals surface area (Å²) in [5.74, 6) is -0.854. The van der Waals surface area contributed by atoms with Crippen molar-refractivity contribution in [1.82, 2.24) is 5.32 Å². The summed E-state index contributed by atoms with van der Waals surface area (Å²) in [6.45, 7) is 0.848. The molecule has 1 unspecified atom stereocenters. The summed E-state index contributed by atoms with van der Waals surface area (Å²) in [5.41, 5.74) is 4.83. The van der Waals surface area contributed by atoms with Crippen molar-refractivity contribution in [3.05, 3.63) is 0 Å². The number of hydrogen-bond acceptors (Lipinski definition) is 4. The molecule has 0 aliphatic carbocycles. The number of carbonyl (C=O) groups is 2. The van der Waals surface area contributed by atoms with Crippen LogP contribution in [0.5, 0.6) is 0 Å². The Morgan fingerprint density at radius 1 is 1.64 bits per heavy atom. The smallest absolute Gasteiger partial charge is 0.224 e. The van der Waals surface area contributed by atoms with Crippen molar-refractivity contribution in [2.24, 2.45) is 5.73 Å². The predicted octanol–water partition coefficient (Wildman–Crippen LogP) is -1.62.